The summed E-state index contributed by atoms with van der Waals surface area (Å²) in [5.74, 6) is -0.576. The van der Waals surface area contributed by atoms with Crippen LogP contribution in [0.2, 0.25) is 0 Å². The Kier molecular flexibility index (Phi) is 4.67. The van der Waals surface area contributed by atoms with Gasteiger partial charge in [-0.25, -0.2) is 4.79 Å². The molecule has 0 saturated heterocycles. The molecule has 3 nitrogen and oxygen atoms in total. The molecule has 18 heavy (non-hydrogen) atoms. The third-order valence-corrected chi connectivity index (χ3v) is 2.41. The summed E-state index contributed by atoms with van der Waals surface area (Å²) in [6.45, 7) is 7.45. The fraction of sp³-hybridized carbons (Fsp3) is 0.333. The number of esters is 1. The second-order valence-electron chi connectivity index (χ2n) is 4.48. The van der Waals surface area contributed by atoms with Crippen molar-refractivity contribution in [2.24, 2.45) is 0 Å². The Hall–Kier alpha value is -2.08. The minimum absolute atomic E-state index is 0.0238. The smallest absolute Gasteiger partial charge is 0.349 e. The summed E-state index contributed by atoms with van der Waals surface area (Å²) in [7, 11) is 0. The van der Waals surface area contributed by atoms with Crippen LogP contribution in [0, 0.1) is 25.2 Å². The number of nitriles is 1. The van der Waals surface area contributed by atoms with Gasteiger partial charge < -0.3 is 4.74 Å². The van der Waals surface area contributed by atoms with E-state index < -0.39 is 5.97 Å². The maximum Gasteiger partial charge on any atom is 0.349 e. The van der Waals surface area contributed by atoms with E-state index in [-0.39, 0.29) is 11.7 Å². The van der Waals surface area contributed by atoms with Crippen molar-refractivity contribution < 1.29 is 9.53 Å². The summed E-state index contributed by atoms with van der Waals surface area (Å²) in [4.78, 5) is 11.7. The Morgan fingerprint density at radius 3 is 2.56 bits per heavy atom. The maximum atomic E-state index is 11.7. The monoisotopic (exact) mass is 243 g/mol. The Morgan fingerprint density at radius 1 is 1.39 bits per heavy atom. The van der Waals surface area contributed by atoms with E-state index in [0.717, 1.165) is 16.7 Å². The highest BCUT2D eigenvalue weighted by Crippen LogP contribution is 2.15. The Balaban J connectivity index is 3.05. The van der Waals surface area contributed by atoms with Gasteiger partial charge in [0, 0.05) is 0 Å². The van der Waals surface area contributed by atoms with E-state index in [4.69, 9.17) is 10.00 Å². The van der Waals surface area contributed by atoms with E-state index in [1.165, 1.54) is 0 Å². The normalized spacial score (nSPS) is 11.2. The number of hydrogen-bond donors (Lipinski definition) is 0. The molecule has 1 aromatic rings. The molecule has 1 rings (SSSR count). The van der Waals surface area contributed by atoms with E-state index >= 15 is 0 Å². The molecule has 0 fully saturated rings. The molecular weight excluding hydrogens is 226 g/mol. The van der Waals surface area contributed by atoms with Gasteiger partial charge in [-0.3, -0.25) is 0 Å². The Morgan fingerprint density at radius 2 is 2.06 bits per heavy atom. The lowest BCUT2D eigenvalue weighted by molar-refractivity contribution is -0.142. The molecule has 94 valence electrons. The summed E-state index contributed by atoms with van der Waals surface area (Å²) < 4.78 is 5.01. The van der Waals surface area contributed by atoms with Crippen LogP contribution in [0.25, 0.3) is 6.08 Å². The van der Waals surface area contributed by atoms with Crippen molar-refractivity contribution in [3.8, 4) is 6.07 Å². The van der Waals surface area contributed by atoms with Gasteiger partial charge in [-0.2, -0.15) is 5.26 Å². The zero-order valence-electron chi connectivity index (χ0n) is 11.2. The van der Waals surface area contributed by atoms with Gasteiger partial charge in [0.25, 0.3) is 0 Å². The predicted molar refractivity (Wildman–Crippen MR) is 70.7 cm³/mol. The van der Waals surface area contributed by atoms with Gasteiger partial charge in [0.2, 0.25) is 0 Å². The minimum Gasteiger partial charge on any atom is -0.459 e. The first-order chi connectivity index (χ1) is 8.43. The van der Waals surface area contributed by atoms with E-state index in [1.807, 2.05) is 38.1 Å². The average Bonchev–Trinajstić information content (AvgIpc) is 2.27. The molecule has 0 aliphatic carbocycles. The summed E-state index contributed by atoms with van der Waals surface area (Å²) in [6, 6.07) is 7.73. The van der Waals surface area contributed by atoms with Crippen LogP contribution in [0.4, 0.5) is 0 Å². The molecule has 0 heterocycles. The van der Waals surface area contributed by atoms with Gasteiger partial charge in [0.15, 0.2) is 0 Å². The minimum atomic E-state index is -0.576. The van der Waals surface area contributed by atoms with E-state index in [1.54, 1.807) is 19.9 Å². The number of nitrogens with zero attached hydrogens (tertiary/aromatic N) is 1. The van der Waals surface area contributed by atoms with Crippen LogP contribution in [0.5, 0.6) is 0 Å². The summed E-state index contributed by atoms with van der Waals surface area (Å²) >= 11 is 0. The fourth-order valence-corrected chi connectivity index (χ4v) is 1.56. The SMILES string of the molecule is Cc1ccc(C=C(C#N)C(=O)OC(C)C)c(C)c1. The molecule has 0 bridgehead atoms. The van der Waals surface area contributed by atoms with Crippen LogP contribution >= 0.6 is 0 Å². The van der Waals surface area contributed by atoms with Gasteiger partial charge in [-0.05, 0) is 44.9 Å². The summed E-state index contributed by atoms with van der Waals surface area (Å²) in [6.07, 6.45) is 1.34. The van der Waals surface area contributed by atoms with Crippen molar-refractivity contribution >= 4 is 12.0 Å². The second kappa shape index (κ2) is 6.02. The van der Waals surface area contributed by atoms with Gasteiger partial charge in [0.05, 0.1) is 6.10 Å². The van der Waals surface area contributed by atoms with Gasteiger partial charge >= 0.3 is 5.97 Å². The molecule has 0 spiro atoms. The quantitative estimate of drug-likeness (QED) is 0.465. The first-order valence-electron chi connectivity index (χ1n) is 5.84. The largest absolute Gasteiger partial charge is 0.459 e. The zero-order valence-corrected chi connectivity index (χ0v) is 11.2. The molecule has 0 aromatic heterocycles. The molecule has 0 radical (unpaired) electrons. The van der Waals surface area contributed by atoms with Crippen molar-refractivity contribution in [3.05, 3.63) is 40.5 Å². The first kappa shape index (κ1) is 14.0. The highest BCUT2D eigenvalue weighted by Gasteiger charge is 2.12. The van der Waals surface area contributed by atoms with Crippen molar-refractivity contribution in [3.63, 3.8) is 0 Å². The van der Waals surface area contributed by atoms with Crippen molar-refractivity contribution in [1.29, 1.82) is 5.26 Å². The Bertz CT molecular complexity index is 522. The van der Waals surface area contributed by atoms with E-state index in [0.29, 0.717) is 0 Å². The number of rotatable bonds is 3. The third-order valence-electron chi connectivity index (χ3n) is 2.41. The maximum absolute atomic E-state index is 11.7. The lowest BCUT2D eigenvalue weighted by Gasteiger charge is -2.07. The van der Waals surface area contributed by atoms with E-state index in [9.17, 15) is 4.79 Å². The van der Waals surface area contributed by atoms with Crippen molar-refractivity contribution in [2.75, 3.05) is 0 Å². The number of ether oxygens (including phenoxy) is 1. The third kappa shape index (κ3) is 3.74. The van der Waals surface area contributed by atoms with E-state index in [2.05, 4.69) is 0 Å². The van der Waals surface area contributed by atoms with Gasteiger partial charge in [-0.1, -0.05) is 23.8 Å². The molecule has 1 aromatic carbocycles. The molecule has 0 aliphatic heterocycles. The van der Waals surface area contributed by atoms with Gasteiger partial charge in [0.1, 0.15) is 11.6 Å². The van der Waals surface area contributed by atoms with Crippen LogP contribution in [0.1, 0.15) is 30.5 Å². The molecule has 0 amide bonds. The lowest BCUT2D eigenvalue weighted by Crippen LogP contribution is -2.12. The molecule has 0 saturated carbocycles. The predicted octanol–water partition coefficient (Wildman–Crippen LogP) is 3.16. The Labute approximate surface area is 108 Å². The second-order valence-corrected chi connectivity index (χ2v) is 4.48. The highest BCUT2D eigenvalue weighted by molar-refractivity contribution is 5.98. The van der Waals surface area contributed by atoms with Crippen molar-refractivity contribution in [1.82, 2.24) is 0 Å². The van der Waals surface area contributed by atoms with Crippen LogP contribution < -0.4 is 0 Å². The number of carbonyl (C=O) groups is 1. The summed E-state index contributed by atoms with van der Waals surface area (Å²) in [5.41, 5.74) is 3.06. The topological polar surface area (TPSA) is 50.1 Å². The number of carbonyl (C=O) groups excluding carboxylic acids is 1. The zero-order chi connectivity index (χ0) is 13.7. The fourth-order valence-electron chi connectivity index (χ4n) is 1.56. The molecule has 0 N–H and O–H groups in total. The average molecular weight is 243 g/mol. The number of hydrogen-bond acceptors (Lipinski definition) is 3. The summed E-state index contributed by atoms with van der Waals surface area (Å²) in [5, 5.41) is 9.00. The molecule has 0 atom stereocenters. The standard InChI is InChI=1S/C15H17NO2/c1-10(2)18-15(17)14(9-16)8-13-6-5-11(3)7-12(13)4/h5-8,10H,1-4H3. The molecule has 0 unspecified atom stereocenters. The molecule has 0 aliphatic rings. The van der Waals surface area contributed by atoms with Crippen molar-refractivity contribution in [2.45, 2.75) is 33.8 Å². The number of aryl methyl sites for hydroxylation is 2. The van der Waals surface area contributed by atoms with Crippen LogP contribution in [0.15, 0.2) is 23.8 Å². The molecule has 3 heteroatoms. The number of benzene rings is 1. The highest BCUT2D eigenvalue weighted by atomic mass is 16.5. The first-order valence-corrected chi connectivity index (χ1v) is 5.84. The van der Waals surface area contributed by atoms with Crippen LogP contribution in [-0.2, 0) is 9.53 Å². The lowest BCUT2D eigenvalue weighted by atomic mass is 10.0. The van der Waals surface area contributed by atoms with Gasteiger partial charge in [-0.15, -0.1) is 0 Å². The molecular formula is C15H17NO2. The van der Waals surface area contributed by atoms with Crippen LogP contribution in [0.3, 0.4) is 0 Å². The van der Waals surface area contributed by atoms with Crippen LogP contribution in [-0.4, -0.2) is 12.1 Å².